The summed E-state index contributed by atoms with van der Waals surface area (Å²) in [6.45, 7) is 3.96. The van der Waals surface area contributed by atoms with Crippen molar-refractivity contribution in [3.05, 3.63) is 42.5 Å². The van der Waals surface area contributed by atoms with E-state index in [2.05, 4.69) is 18.2 Å². The number of anilines is 1. The summed E-state index contributed by atoms with van der Waals surface area (Å²) in [5.74, 6) is -0.778. The van der Waals surface area contributed by atoms with Crippen molar-refractivity contribution in [2.45, 2.75) is 13.8 Å². The summed E-state index contributed by atoms with van der Waals surface area (Å²) in [6, 6.07) is 14.2. The molecule has 2 aromatic rings. The van der Waals surface area contributed by atoms with Crippen LogP contribution in [0.3, 0.4) is 0 Å². The number of carbonyl (C=O) groups is 1. The van der Waals surface area contributed by atoms with Gasteiger partial charge in [-0.2, -0.15) is 0 Å². The first-order valence-corrected chi connectivity index (χ1v) is 6.34. The molecule has 3 heteroatoms. The van der Waals surface area contributed by atoms with Crippen molar-refractivity contribution in [1.82, 2.24) is 0 Å². The number of carboxylic acid groups (broad SMARTS) is 1. The molecule has 0 spiro atoms. The van der Waals surface area contributed by atoms with Crippen LogP contribution >= 0.6 is 0 Å². The second kappa shape index (κ2) is 4.92. The zero-order chi connectivity index (χ0) is 14.0. The highest BCUT2D eigenvalue weighted by Gasteiger charge is 2.29. The van der Waals surface area contributed by atoms with Gasteiger partial charge in [-0.05, 0) is 25.3 Å². The molecule has 0 aliphatic heterocycles. The number of nitrogens with zero attached hydrogens (tertiary/aromatic N) is 1. The predicted molar refractivity (Wildman–Crippen MR) is 78.6 cm³/mol. The molecule has 2 rings (SSSR count). The summed E-state index contributed by atoms with van der Waals surface area (Å²) >= 11 is 0. The Kier molecular flexibility index (Phi) is 3.47. The minimum atomic E-state index is -0.778. The van der Waals surface area contributed by atoms with Crippen LogP contribution in [0.15, 0.2) is 42.5 Å². The molecular formula is C16H19NO2. The number of hydrogen-bond acceptors (Lipinski definition) is 2. The maximum atomic E-state index is 11.2. The Morgan fingerprint density at radius 2 is 1.79 bits per heavy atom. The minimum absolute atomic E-state index is 0.469. The number of benzene rings is 2. The number of rotatable bonds is 4. The Morgan fingerprint density at radius 1 is 1.16 bits per heavy atom. The lowest BCUT2D eigenvalue weighted by molar-refractivity contribution is -0.146. The Balaban J connectivity index is 2.37. The van der Waals surface area contributed by atoms with Crippen LogP contribution in [0.25, 0.3) is 10.8 Å². The Bertz CT molecular complexity index is 599. The molecule has 0 aromatic heterocycles. The van der Waals surface area contributed by atoms with Gasteiger partial charge in [0.2, 0.25) is 0 Å². The number of carboxylic acids is 1. The van der Waals surface area contributed by atoms with E-state index < -0.39 is 11.4 Å². The average molecular weight is 257 g/mol. The van der Waals surface area contributed by atoms with Crippen molar-refractivity contribution in [2.75, 3.05) is 18.5 Å². The van der Waals surface area contributed by atoms with Gasteiger partial charge in [-0.25, -0.2) is 0 Å². The van der Waals surface area contributed by atoms with E-state index in [9.17, 15) is 9.90 Å². The molecule has 19 heavy (non-hydrogen) atoms. The minimum Gasteiger partial charge on any atom is -0.481 e. The first-order chi connectivity index (χ1) is 8.92. The van der Waals surface area contributed by atoms with E-state index in [0.29, 0.717) is 6.54 Å². The summed E-state index contributed by atoms with van der Waals surface area (Å²) in [5, 5.41) is 11.5. The average Bonchev–Trinajstić information content (AvgIpc) is 2.37. The second-order valence-electron chi connectivity index (χ2n) is 5.54. The highest BCUT2D eigenvalue weighted by molar-refractivity contribution is 5.94. The van der Waals surface area contributed by atoms with Crippen molar-refractivity contribution in [1.29, 1.82) is 0 Å². The molecule has 0 radical (unpaired) electrons. The van der Waals surface area contributed by atoms with Crippen LogP contribution in [0, 0.1) is 5.41 Å². The Labute approximate surface area is 113 Å². The molecule has 0 atom stereocenters. The molecule has 0 bridgehead atoms. The fourth-order valence-corrected chi connectivity index (χ4v) is 2.29. The van der Waals surface area contributed by atoms with E-state index in [1.807, 2.05) is 36.2 Å². The molecule has 0 fully saturated rings. The molecule has 0 saturated carbocycles. The van der Waals surface area contributed by atoms with Crippen LogP contribution in [0.1, 0.15) is 13.8 Å². The lowest BCUT2D eigenvalue weighted by Crippen LogP contribution is -2.37. The molecule has 0 amide bonds. The zero-order valence-electron chi connectivity index (χ0n) is 11.6. The fourth-order valence-electron chi connectivity index (χ4n) is 2.29. The summed E-state index contributed by atoms with van der Waals surface area (Å²) in [5.41, 5.74) is 0.290. The van der Waals surface area contributed by atoms with Gasteiger partial charge in [0.25, 0.3) is 0 Å². The van der Waals surface area contributed by atoms with Gasteiger partial charge >= 0.3 is 5.97 Å². The maximum absolute atomic E-state index is 11.2. The third-order valence-electron chi connectivity index (χ3n) is 3.39. The predicted octanol–water partition coefficient (Wildman–Crippen LogP) is 3.39. The van der Waals surface area contributed by atoms with Crippen LogP contribution in [-0.4, -0.2) is 24.7 Å². The third kappa shape index (κ3) is 2.70. The molecule has 0 aliphatic rings. The van der Waals surface area contributed by atoms with Gasteiger partial charge in [-0.15, -0.1) is 0 Å². The van der Waals surface area contributed by atoms with Gasteiger partial charge < -0.3 is 10.0 Å². The molecule has 3 nitrogen and oxygen atoms in total. The quantitative estimate of drug-likeness (QED) is 0.912. The zero-order valence-corrected chi connectivity index (χ0v) is 11.6. The van der Waals surface area contributed by atoms with E-state index in [4.69, 9.17) is 0 Å². The van der Waals surface area contributed by atoms with Crippen molar-refractivity contribution in [3.63, 3.8) is 0 Å². The topological polar surface area (TPSA) is 40.5 Å². The lowest BCUT2D eigenvalue weighted by Gasteiger charge is -2.29. The summed E-state index contributed by atoms with van der Waals surface area (Å²) in [6.07, 6.45) is 0. The molecule has 0 unspecified atom stereocenters. The van der Waals surface area contributed by atoms with Crippen LogP contribution in [-0.2, 0) is 4.79 Å². The van der Waals surface area contributed by atoms with Crippen molar-refractivity contribution < 1.29 is 9.90 Å². The SMILES string of the molecule is CN(CC(C)(C)C(=O)O)c1cccc2ccccc12. The van der Waals surface area contributed by atoms with Gasteiger partial charge in [0.15, 0.2) is 0 Å². The molecule has 0 aliphatic carbocycles. The van der Waals surface area contributed by atoms with E-state index in [-0.39, 0.29) is 0 Å². The first-order valence-electron chi connectivity index (χ1n) is 6.34. The van der Waals surface area contributed by atoms with Crippen LogP contribution in [0.4, 0.5) is 5.69 Å². The summed E-state index contributed by atoms with van der Waals surface area (Å²) < 4.78 is 0. The highest BCUT2D eigenvalue weighted by atomic mass is 16.4. The van der Waals surface area contributed by atoms with Gasteiger partial charge in [0.05, 0.1) is 5.41 Å². The standard InChI is InChI=1S/C16H19NO2/c1-16(2,15(18)19)11-17(3)14-10-6-8-12-7-4-5-9-13(12)14/h4-10H,11H2,1-3H3,(H,18,19). The number of aliphatic carboxylic acids is 1. The van der Waals surface area contributed by atoms with E-state index >= 15 is 0 Å². The molecule has 2 aromatic carbocycles. The van der Waals surface area contributed by atoms with Crippen molar-refractivity contribution in [2.24, 2.45) is 5.41 Å². The fraction of sp³-hybridized carbons (Fsp3) is 0.312. The Hall–Kier alpha value is -2.03. The van der Waals surface area contributed by atoms with Crippen LogP contribution < -0.4 is 4.90 Å². The molecule has 0 heterocycles. The molecular weight excluding hydrogens is 238 g/mol. The van der Waals surface area contributed by atoms with Gasteiger partial charge in [0, 0.05) is 24.7 Å². The second-order valence-corrected chi connectivity index (χ2v) is 5.54. The van der Waals surface area contributed by atoms with Crippen molar-refractivity contribution >= 4 is 22.4 Å². The monoisotopic (exact) mass is 257 g/mol. The normalized spacial score (nSPS) is 11.5. The highest BCUT2D eigenvalue weighted by Crippen LogP contribution is 2.28. The van der Waals surface area contributed by atoms with Gasteiger partial charge in [0.1, 0.15) is 0 Å². The van der Waals surface area contributed by atoms with Gasteiger partial charge in [-0.3, -0.25) is 4.79 Å². The van der Waals surface area contributed by atoms with Gasteiger partial charge in [-0.1, -0.05) is 36.4 Å². The number of fused-ring (bicyclic) bond motifs is 1. The molecule has 100 valence electrons. The first kappa shape index (κ1) is 13.4. The van der Waals surface area contributed by atoms with Crippen LogP contribution in [0.2, 0.25) is 0 Å². The van der Waals surface area contributed by atoms with E-state index in [1.54, 1.807) is 13.8 Å². The molecule has 0 saturated heterocycles. The molecule has 1 N–H and O–H groups in total. The third-order valence-corrected chi connectivity index (χ3v) is 3.39. The van der Waals surface area contributed by atoms with Crippen molar-refractivity contribution in [3.8, 4) is 0 Å². The summed E-state index contributed by atoms with van der Waals surface area (Å²) in [7, 11) is 1.94. The summed E-state index contributed by atoms with van der Waals surface area (Å²) in [4.78, 5) is 13.2. The largest absolute Gasteiger partial charge is 0.481 e. The van der Waals surface area contributed by atoms with E-state index in [1.165, 1.54) is 5.39 Å². The maximum Gasteiger partial charge on any atom is 0.310 e. The smallest absolute Gasteiger partial charge is 0.310 e. The van der Waals surface area contributed by atoms with Crippen LogP contribution in [0.5, 0.6) is 0 Å². The van der Waals surface area contributed by atoms with E-state index in [0.717, 1.165) is 11.1 Å². The number of hydrogen-bond donors (Lipinski definition) is 1. The Morgan fingerprint density at radius 3 is 2.47 bits per heavy atom. The lowest BCUT2D eigenvalue weighted by atomic mass is 9.93.